The topological polar surface area (TPSA) is 76.9 Å². The van der Waals surface area contributed by atoms with E-state index in [0.717, 1.165) is 5.56 Å². The molecular formula is C15H17ClN4O. The number of nitrogens with zero attached hydrogens (tertiary/aromatic N) is 3. The van der Waals surface area contributed by atoms with E-state index >= 15 is 0 Å². The normalized spacial score (nSPS) is 11.2. The zero-order valence-corrected chi connectivity index (χ0v) is 13.0. The van der Waals surface area contributed by atoms with Crippen molar-refractivity contribution >= 4 is 17.4 Å². The van der Waals surface area contributed by atoms with E-state index in [1.54, 1.807) is 10.7 Å². The summed E-state index contributed by atoms with van der Waals surface area (Å²) in [6.45, 7) is 6.09. The Morgan fingerprint density at radius 2 is 2.05 bits per heavy atom. The largest absolute Gasteiger partial charge is 0.471 e. The number of hydrogen-bond donors (Lipinski definition) is 1. The van der Waals surface area contributed by atoms with Gasteiger partial charge >= 0.3 is 0 Å². The molecule has 2 aromatic rings. The fourth-order valence-electron chi connectivity index (χ4n) is 1.89. The minimum atomic E-state index is -0.332. The molecular weight excluding hydrogens is 288 g/mol. The summed E-state index contributed by atoms with van der Waals surface area (Å²) in [4.78, 5) is 0. The second-order valence-electron chi connectivity index (χ2n) is 5.64. The van der Waals surface area contributed by atoms with Crippen molar-refractivity contribution in [3.8, 4) is 11.9 Å². The van der Waals surface area contributed by atoms with Gasteiger partial charge in [-0.1, -0.05) is 29.8 Å². The van der Waals surface area contributed by atoms with Crippen LogP contribution >= 0.6 is 11.6 Å². The van der Waals surface area contributed by atoms with Crippen molar-refractivity contribution in [2.24, 2.45) is 0 Å². The Balaban J connectivity index is 2.29. The van der Waals surface area contributed by atoms with Crippen LogP contribution in [-0.2, 0) is 12.1 Å². The molecule has 0 amide bonds. The summed E-state index contributed by atoms with van der Waals surface area (Å²) in [5.41, 5.74) is 6.71. The van der Waals surface area contributed by atoms with Crippen LogP contribution in [0.3, 0.4) is 0 Å². The predicted octanol–water partition coefficient (Wildman–Crippen LogP) is 3.32. The summed E-state index contributed by atoms with van der Waals surface area (Å²) in [6, 6.07) is 9.40. The van der Waals surface area contributed by atoms with Crippen LogP contribution in [0.5, 0.6) is 5.88 Å². The van der Waals surface area contributed by atoms with E-state index < -0.39 is 0 Å². The van der Waals surface area contributed by atoms with Crippen molar-refractivity contribution in [1.29, 1.82) is 5.26 Å². The Morgan fingerprint density at radius 1 is 1.38 bits per heavy atom. The van der Waals surface area contributed by atoms with Gasteiger partial charge in [-0.3, -0.25) is 0 Å². The quantitative estimate of drug-likeness (QED) is 0.943. The first-order valence-electron chi connectivity index (χ1n) is 6.50. The molecule has 2 rings (SSSR count). The summed E-state index contributed by atoms with van der Waals surface area (Å²) in [5.74, 6) is 0.531. The van der Waals surface area contributed by atoms with Gasteiger partial charge in [0, 0.05) is 10.6 Å². The van der Waals surface area contributed by atoms with Crippen LogP contribution in [0.4, 0.5) is 5.82 Å². The zero-order valence-electron chi connectivity index (χ0n) is 12.2. The van der Waals surface area contributed by atoms with Gasteiger partial charge in [-0.15, -0.1) is 5.10 Å². The minimum Gasteiger partial charge on any atom is -0.471 e. The number of rotatable bonds is 3. The lowest BCUT2D eigenvalue weighted by Gasteiger charge is -2.20. The number of hydrogen-bond acceptors (Lipinski definition) is 4. The number of nitriles is 1. The van der Waals surface area contributed by atoms with Crippen molar-refractivity contribution in [2.75, 3.05) is 5.73 Å². The molecule has 6 heteroatoms. The molecule has 0 aliphatic carbocycles. The van der Waals surface area contributed by atoms with Gasteiger partial charge in [0.15, 0.2) is 5.56 Å². The number of nitrogens with two attached hydrogens (primary N) is 1. The molecule has 1 aromatic heterocycles. The Bertz CT molecular complexity index is 695. The molecule has 0 saturated heterocycles. The van der Waals surface area contributed by atoms with Gasteiger partial charge in [-0.2, -0.15) is 5.26 Å². The van der Waals surface area contributed by atoms with E-state index in [-0.39, 0.29) is 23.6 Å². The Labute approximate surface area is 128 Å². The predicted molar refractivity (Wildman–Crippen MR) is 82.1 cm³/mol. The SMILES string of the molecule is CC(C)(C)n1nc(OCc2ccccc2Cl)c(C#N)c1N. The number of aromatic nitrogens is 2. The number of halogens is 1. The molecule has 0 fully saturated rings. The molecule has 110 valence electrons. The van der Waals surface area contributed by atoms with Gasteiger partial charge in [0.2, 0.25) is 0 Å². The van der Waals surface area contributed by atoms with Crippen LogP contribution in [-0.4, -0.2) is 9.78 Å². The highest BCUT2D eigenvalue weighted by molar-refractivity contribution is 6.31. The standard InChI is InChI=1S/C15H17ClN4O/c1-15(2,3)20-13(18)11(8-17)14(19-20)21-9-10-6-4-5-7-12(10)16/h4-7H,9,18H2,1-3H3. The van der Waals surface area contributed by atoms with E-state index in [1.165, 1.54) is 0 Å². The second kappa shape index (κ2) is 5.66. The van der Waals surface area contributed by atoms with Crippen LogP contribution in [0.15, 0.2) is 24.3 Å². The van der Waals surface area contributed by atoms with E-state index in [1.807, 2.05) is 45.0 Å². The smallest absolute Gasteiger partial charge is 0.253 e. The van der Waals surface area contributed by atoms with Crippen molar-refractivity contribution in [2.45, 2.75) is 32.9 Å². The number of anilines is 1. The number of ether oxygens (including phenoxy) is 1. The van der Waals surface area contributed by atoms with E-state index in [9.17, 15) is 5.26 Å². The molecule has 2 N–H and O–H groups in total. The summed E-state index contributed by atoms with van der Waals surface area (Å²) in [6.07, 6.45) is 0. The van der Waals surface area contributed by atoms with E-state index in [0.29, 0.717) is 10.8 Å². The third-order valence-corrected chi connectivity index (χ3v) is 3.33. The molecule has 0 bridgehead atoms. The van der Waals surface area contributed by atoms with Crippen LogP contribution in [0.1, 0.15) is 31.9 Å². The highest BCUT2D eigenvalue weighted by Gasteiger charge is 2.24. The average molecular weight is 305 g/mol. The maximum atomic E-state index is 9.24. The molecule has 0 spiro atoms. The molecule has 0 unspecified atom stereocenters. The maximum absolute atomic E-state index is 9.24. The van der Waals surface area contributed by atoms with Crippen LogP contribution < -0.4 is 10.5 Å². The van der Waals surface area contributed by atoms with Crippen LogP contribution in [0.2, 0.25) is 5.02 Å². The van der Waals surface area contributed by atoms with Gasteiger partial charge in [0.1, 0.15) is 18.5 Å². The highest BCUT2D eigenvalue weighted by atomic mass is 35.5. The average Bonchev–Trinajstić information content (AvgIpc) is 2.74. The van der Waals surface area contributed by atoms with Crippen molar-refractivity contribution in [3.63, 3.8) is 0 Å². The lowest BCUT2D eigenvalue weighted by atomic mass is 10.1. The molecule has 1 aromatic carbocycles. The van der Waals surface area contributed by atoms with Crippen molar-refractivity contribution in [3.05, 3.63) is 40.4 Å². The number of nitrogen functional groups attached to an aromatic ring is 1. The maximum Gasteiger partial charge on any atom is 0.253 e. The Morgan fingerprint density at radius 3 is 2.62 bits per heavy atom. The van der Waals surface area contributed by atoms with Gasteiger partial charge in [-0.25, -0.2) is 4.68 Å². The Hall–Kier alpha value is -2.19. The van der Waals surface area contributed by atoms with E-state index in [4.69, 9.17) is 22.1 Å². The third kappa shape index (κ3) is 3.11. The summed E-state index contributed by atoms with van der Waals surface area (Å²) in [7, 11) is 0. The molecule has 0 saturated carbocycles. The van der Waals surface area contributed by atoms with Crippen molar-refractivity contribution in [1.82, 2.24) is 9.78 Å². The van der Waals surface area contributed by atoms with Crippen LogP contribution in [0, 0.1) is 11.3 Å². The highest BCUT2D eigenvalue weighted by Crippen LogP contribution is 2.29. The first kappa shape index (κ1) is 15.2. The summed E-state index contributed by atoms with van der Waals surface area (Å²) in [5, 5.41) is 14.2. The number of benzene rings is 1. The second-order valence-corrected chi connectivity index (χ2v) is 6.05. The lowest BCUT2D eigenvalue weighted by molar-refractivity contribution is 0.276. The van der Waals surface area contributed by atoms with E-state index in [2.05, 4.69) is 5.10 Å². The first-order chi connectivity index (χ1) is 9.84. The molecule has 1 heterocycles. The molecule has 5 nitrogen and oxygen atoms in total. The summed E-state index contributed by atoms with van der Waals surface area (Å²) >= 11 is 6.08. The minimum absolute atomic E-state index is 0.227. The molecule has 0 aliphatic rings. The first-order valence-corrected chi connectivity index (χ1v) is 6.87. The molecule has 0 aliphatic heterocycles. The summed E-state index contributed by atoms with van der Waals surface area (Å²) < 4.78 is 7.22. The third-order valence-electron chi connectivity index (χ3n) is 2.96. The van der Waals surface area contributed by atoms with Crippen LogP contribution in [0.25, 0.3) is 0 Å². The Kier molecular flexibility index (Phi) is 4.10. The fourth-order valence-corrected chi connectivity index (χ4v) is 2.08. The monoisotopic (exact) mass is 304 g/mol. The van der Waals surface area contributed by atoms with Gasteiger partial charge in [0.25, 0.3) is 5.88 Å². The molecule has 21 heavy (non-hydrogen) atoms. The van der Waals surface area contributed by atoms with Gasteiger partial charge in [0.05, 0.1) is 5.54 Å². The molecule has 0 atom stereocenters. The van der Waals surface area contributed by atoms with Crippen molar-refractivity contribution < 1.29 is 4.74 Å². The van der Waals surface area contributed by atoms with Gasteiger partial charge < -0.3 is 10.5 Å². The lowest BCUT2D eigenvalue weighted by Crippen LogP contribution is -2.24. The zero-order chi connectivity index (χ0) is 15.6. The molecule has 0 radical (unpaired) electrons. The fraction of sp³-hybridized carbons (Fsp3) is 0.333. The van der Waals surface area contributed by atoms with Gasteiger partial charge in [-0.05, 0) is 26.8 Å².